The van der Waals surface area contributed by atoms with Gasteiger partial charge in [-0.25, -0.2) is 4.39 Å². The van der Waals surface area contributed by atoms with Crippen molar-refractivity contribution < 1.29 is 9.50 Å². The molecule has 1 aromatic rings. The molecule has 2 fully saturated rings. The number of hydrogen-bond donors (Lipinski definition) is 3. The fourth-order valence-electron chi connectivity index (χ4n) is 4.14. The zero-order chi connectivity index (χ0) is 20.5. The number of aliphatic imine (C=N–C) groups is 1. The maximum atomic E-state index is 14.0. The van der Waals surface area contributed by atoms with Crippen LogP contribution in [0.1, 0.15) is 39.0 Å². The summed E-state index contributed by atoms with van der Waals surface area (Å²) in [5.41, 5.74) is 0.716. The third-order valence-electron chi connectivity index (χ3n) is 5.85. The minimum atomic E-state index is -0.133. The lowest BCUT2D eigenvalue weighted by molar-refractivity contribution is 0.120. The molecule has 0 atom stereocenters. The van der Waals surface area contributed by atoms with E-state index in [0.29, 0.717) is 11.7 Å². The Kier molecular flexibility index (Phi) is 8.55. The number of para-hydroxylation sites is 1. The standard InChI is InChI=1S/C22H36FN5O/c1-2-24-22(26-18-8-10-19(29)11-9-18)25-12-5-13-27-14-16-28(17-15-27)21-7-4-3-6-20(21)23/h3-4,6-7,18-19,29H,2,5,8-17H2,1H3,(H2,24,25,26). The fourth-order valence-corrected chi connectivity index (χ4v) is 4.14. The highest BCUT2D eigenvalue weighted by molar-refractivity contribution is 5.80. The van der Waals surface area contributed by atoms with Crippen LogP contribution in [0.5, 0.6) is 0 Å². The average molecular weight is 406 g/mol. The van der Waals surface area contributed by atoms with Crippen molar-refractivity contribution in [2.24, 2.45) is 4.99 Å². The fraction of sp³-hybridized carbons (Fsp3) is 0.682. The lowest BCUT2D eigenvalue weighted by atomic mass is 9.93. The van der Waals surface area contributed by atoms with Gasteiger partial charge in [0.25, 0.3) is 0 Å². The molecule has 7 heteroatoms. The van der Waals surface area contributed by atoms with Gasteiger partial charge in [0.05, 0.1) is 11.8 Å². The van der Waals surface area contributed by atoms with Gasteiger partial charge >= 0.3 is 0 Å². The van der Waals surface area contributed by atoms with Crippen molar-refractivity contribution in [1.29, 1.82) is 0 Å². The van der Waals surface area contributed by atoms with Gasteiger partial charge in [-0.05, 0) is 51.2 Å². The van der Waals surface area contributed by atoms with Crippen molar-refractivity contribution in [2.45, 2.75) is 51.2 Å². The Morgan fingerprint density at radius 1 is 1.14 bits per heavy atom. The van der Waals surface area contributed by atoms with E-state index in [9.17, 15) is 9.50 Å². The van der Waals surface area contributed by atoms with Gasteiger partial charge in [-0.2, -0.15) is 0 Å². The first kappa shape index (κ1) is 21.8. The van der Waals surface area contributed by atoms with E-state index in [-0.39, 0.29) is 11.9 Å². The number of guanidine groups is 1. The van der Waals surface area contributed by atoms with Gasteiger partial charge in [-0.1, -0.05) is 12.1 Å². The van der Waals surface area contributed by atoms with Crippen LogP contribution in [0.2, 0.25) is 0 Å². The summed E-state index contributed by atoms with van der Waals surface area (Å²) in [6.45, 7) is 8.38. The Bertz CT molecular complexity index is 640. The largest absolute Gasteiger partial charge is 0.393 e. The van der Waals surface area contributed by atoms with Gasteiger partial charge in [0.2, 0.25) is 0 Å². The Morgan fingerprint density at radius 2 is 1.86 bits per heavy atom. The molecule has 0 unspecified atom stereocenters. The number of piperazine rings is 1. The van der Waals surface area contributed by atoms with Gasteiger partial charge in [-0.3, -0.25) is 9.89 Å². The summed E-state index contributed by atoms with van der Waals surface area (Å²) < 4.78 is 14.0. The lowest BCUT2D eigenvalue weighted by Crippen LogP contribution is -2.47. The highest BCUT2D eigenvalue weighted by Crippen LogP contribution is 2.20. The van der Waals surface area contributed by atoms with Crippen molar-refractivity contribution >= 4 is 11.6 Å². The molecule has 1 aromatic carbocycles. The first-order chi connectivity index (χ1) is 14.2. The van der Waals surface area contributed by atoms with Gasteiger partial charge in [-0.15, -0.1) is 0 Å². The smallest absolute Gasteiger partial charge is 0.191 e. The summed E-state index contributed by atoms with van der Waals surface area (Å²) in [5.74, 6) is 0.754. The number of anilines is 1. The molecule has 162 valence electrons. The quantitative estimate of drug-likeness (QED) is 0.369. The molecule has 3 rings (SSSR count). The molecule has 1 aliphatic carbocycles. The molecule has 1 saturated carbocycles. The van der Waals surface area contributed by atoms with Crippen LogP contribution in [0.25, 0.3) is 0 Å². The van der Waals surface area contributed by atoms with Gasteiger partial charge in [0, 0.05) is 51.9 Å². The van der Waals surface area contributed by atoms with E-state index in [0.717, 1.165) is 83.9 Å². The predicted octanol–water partition coefficient (Wildman–Crippen LogP) is 2.20. The maximum absolute atomic E-state index is 14.0. The molecule has 1 aliphatic heterocycles. The second-order valence-electron chi connectivity index (χ2n) is 8.04. The third kappa shape index (κ3) is 6.85. The Hall–Kier alpha value is -1.86. The van der Waals surface area contributed by atoms with Crippen molar-refractivity contribution in [3.63, 3.8) is 0 Å². The maximum Gasteiger partial charge on any atom is 0.191 e. The summed E-state index contributed by atoms with van der Waals surface area (Å²) in [7, 11) is 0. The van der Waals surface area contributed by atoms with Crippen molar-refractivity contribution in [3.05, 3.63) is 30.1 Å². The van der Waals surface area contributed by atoms with Crippen LogP contribution >= 0.6 is 0 Å². The molecule has 0 bridgehead atoms. The number of aliphatic hydroxyl groups is 1. The van der Waals surface area contributed by atoms with E-state index in [1.54, 1.807) is 6.07 Å². The van der Waals surface area contributed by atoms with Crippen LogP contribution in [0, 0.1) is 5.82 Å². The second kappa shape index (κ2) is 11.4. The SMILES string of the molecule is CCNC(=NCCCN1CCN(c2ccccc2F)CC1)NC1CCC(O)CC1. The molecule has 0 radical (unpaired) electrons. The van der Waals surface area contributed by atoms with Crippen LogP contribution in [0.4, 0.5) is 10.1 Å². The Labute approximate surface area is 174 Å². The molecule has 1 saturated heterocycles. The van der Waals surface area contributed by atoms with Crippen LogP contribution in [-0.4, -0.2) is 73.9 Å². The number of benzene rings is 1. The summed E-state index contributed by atoms with van der Waals surface area (Å²) in [4.78, 5) is 9.31. The zero-order valence-corrected chi connectivity index (χ0v) is 17.6. The number of rotatable bonds is 7. The minimum absolute atomic E-state index is 0.133. The van der Waals surface area contributed by atoms with Crippen molar-refractivity contribution in [2.75, 3.05) is 50.7 Å². The van der Waals surface area contributed by atoms with E-state index in [4.69, 9.17) is 4.99 Å². The molecule has 6 nitrogen and oxygen atoms in total. The summed E-state index contributed by atoms with van der Waals surface area (Å²) in [5, 5.41) is 16.5. The molecular weight excluding hydrogens is 369 g/mol. The van der Waals surface area contributed by atoms with E-state index >= 15 is 0 Å². The first-order valence-corrected chi connectivity index (χ1v) is 11.1. The summed E-state index contributed by atoms with van der Waals surface area (Å²) in [6, 6.07) is 7.44. The average Bonchev–Trinajstić information content (AvgIpc) is 2.74. The number of nitrogens with zero attached hydrogens (tertiary/aromatic N) is 3. The lowest BCUT2D eigenvalue weighted by Gasteiger charge is -2.36. The first-order valence-electron chi connectivity index (χ1n) is 11.1. The van der Waals surface area contributed by atoms with Crippen molar-refractivity contribution in [1.82, 2.24) is 15.5 Å². The molecular formula is C22H36FN5O. The van der Waals surface area contributed by atoms with Crippen molar-refractivity contribution in [3.8, 4) is 0 Å². The van der Waals surface area contributed by atoms with E-state index in [1.165, 1.54) is 6.07 Å². The van der Waals surface area contributed by atoms with E-state index in [1.807, 2.05) is 12.1 Å². The van der Waals surface area contributed by atoms with Gasteiger partial charge in [0.1, 0.15) is 5.82 Å². The molecule has 0 amide bonds. The van der Waals surface area contributed by atoms with Crippen LogP contribution in [-0.2, 0) is 0 Å². The third-order valence-corrected chi connectivity index (χ3v) is 5.85. The normalized spacial score (nSPS) is 23.8. The van der Waals surface area contributed by atoms with Gasteiger partial charge in [0.15, 0.2) is 5.96 Å². The topological polar surface area (TPSA) is 63.1 Å². The Balaban J connectivity index is 1.37. The van der Waals surface area contributed by atoms with E-state index in [2.05, 4.69) is 27.4 Å². The number of nitrogens with one attached hydrogen (secondary N) is 2. The molecule has 3 N–H and O–H groups in total. The highest BCUT2D eigenvalue weighted by Gasteiger charge is 2.20. The van der Waals surface area contributed by atoms with Gasteiger partial charge < -0.3 is 20.6 Å². The number of hydrogen-bond acceptors (Lipinski definition) is 4. The van der Waals surface area contributed by atoms with E-state index < -0.39 is 0 Å². The van der Waals surface area contributed by atoms with Crippen LogP contribution in [0.15, 0.2) is 29.3 Å². The molecule has 0 aromatic heterocycles. The second-order valence-corrected chi connectivity index (χ2v) is 8.04. The van der Waals surface area contributed by atoms with Crippen LogP contribution < -0.4 is 15.5 Å². The van der Waals surface area contributed by atoms with Crippen LogP contribution in [0.3, 0.4) is 0 Å². The molecule has 1 heterocycles. The summed E-state index contributed by atoms with van der Waals surface area (Å²) >= 11 is 0. The molecule has 29 heavy (non-hydrogen) atoms. The minimum Gasteiger partial charge on any atom is -0.393 e. The molecule has 2 aliphatic rings. The number of halogens is 1. The summed E-state index contributed by atoms with van der Waals surface area (Å²) in [6.07, 6.45) is 4.62. The monoisotopic (exact) mass is 405 g/mol. The number of aliphatic hydroxyl groups excluding tert-OH is 1. The molecule has 0 spiro atoms. The Morgan fingerprint density at radius 3 is 2.55 bits per heavy atom. The highest BCUT2D eigenvalue weighted by atomic mass is 19.1. The zero-order valence-electron chi connectivity index (χ0n) is 17.6. The predicted molar refractivity (Wildman–Crippen MR) is 117 cm³/mol.